The minimum Gasteiger partial charge on any atom is -0.375 e. The molecule has 0 aliphatic carbocycles. The van der Waals surface area contributed by atoms with Crippen LogP contribution in [0.4, 0.5) is 14.5 Å². The summed E-state index contributed by atoms with van der Waals surface area (Å²) in [7, 11) is 0. The van der Waals surface area contributed by atoms with Gasteiger partial charge >= 0.3 is 0 Å². The average molecular weight is 318 g/mol. The Kier molecular flexibility index (Phi) is 3.79. The lowest BCUT2D eigenvalue weighted by atomic mass is 10.2. The highest BCUT2D eigenvalue weighted by molar-refractivity contribution is 9.10. The molecule has 0 spiro atoms. The van der Waals surface area contributed by atoms with Crippen molar-refractivity contribution in [2.75, 3.05) is 5.32 Å². The van der Waals surface area contributed by atoms with E-state index in [1.54, 1.807) is 11.3 Å². The van der Waals surface area contributed by atoms with Crippen LogP contribution >= 0.6 is 27.3 Å². The third-order valence-electron chi connectivity index (χ3n) is 2.34. The van der Waals surface area contributed by atoms with Gasteiger partial charge in [-0.3, -0.25) is 0 Å². The maximum atomic E-state index is 13.4. The van der Waals surface area contributed by atoms with Gasteiger partial charge in [0.15, 0.2) is 11.6 Å². The first-order valence-corrected chi connectivity index (χ1v) is 6.69. The summed E-state index contributed by atoms with van der Waals surface area (Å²) in [5.74, 6) is -1.68. The van der Waals surface area contributed by atoms with Crippen molar-refractivity contribution >= 4 is 33.0 Å². The number of nitrogens with one attached hydrogen (secondary N) is 1. The lowest BCUT2D eigenvalue weighted by Gasteiger charge is -2.14. The predicted octanol–water partition coefficient (Wildman–Crippen LogP) is 4.96. The molecule has 1 atom stereocenters. The first kappa shape index (κ1) is 12.5. The number of hydrogen-bond donors (Lipinski definition) is 1. The molecular weight excluding hydrogens is 308 g/mol. The molecule has 0 saturated carbocycles. The second kappa shape index (κ2) is 5.14. The van der Waals surface area contributed by atoms with Crippen molar-refractivity contribution in [3.8, 4) is 0 Å². The molecule has 5 heteroatoms. The summed E-state index contributed by atoms with van der Waals surface area (Å²) in [6, 6.07) is 6.00. The number of thiophene rings is 1. The van der Waals surface area contributed by atoms with E-state index in [1.165, 1.54) is 12.1 Å². The highest BCUT2D eigenvalue weighted by atomic mass is 79.9. The van der Waals surface area contributed by atoms with E-state index in [4.69, 9.17) is 0 Å². The summed E-state index contributed by atoms with van der Waals surface area (Å²) < 4.78 is 27.4. The SMILES string of the molecule is CC(Nc1cccc(F)c1F)c1cc(Br)cs1. The van der Waals surface area contributed by atoms with Gasteiger partial charge in [-0.2, -0.15) is 0 Å². The quantitative estimate of drug-likeness (QED) is 0.843. The fourth-order valence-corrected chi connectivity index (χ4v) is 2.93. The Hall–Kier alpha value is -0.940. The molecule has 1 heterocycles. The van der Waals surface area contributed by atoms with Gasteiger partial charge in [0.1, 0.15) is 0 Å². The maximum Gasteiger partial charge on any atom is 0.181 e. The summed E-state index contributed by atoms with van der Waals surface area (Å²) in [6.07, 6.45) is 0. The molecule has 0 amide bonds. The van der Waals surface area contributed by atoms with Gasteiger partial charge in [0, 0.05) is 14.7 Å². The molecule has 0 bridgehead atoms. The second-order valence-corrected chi connectivity index (χ2v) is 5.49. The van der Waals surface area contributed by atoms with Crippen molar-refractivity contribution < 1.29 is 8.78 Å². The van der Waals surface area contributed by atoms with Crippen LogP contribution in [0, 0.1) is 11.6 Å². The van der Waals surface area contributed by atoms with Crippen LogP contribution in [0.25, 0.3) is 0 Å². The Labute approximate surface area is 111 Å². The van der Waals surface area contributed by atoms with Crippen LogP contribution in [0.15, 0.2) is 34.1 Å². The lowest BCUT2D eigenvalue weighted by Crippen LogP contribution is -2.07. The number of anilines is 1. The minimum absolute atomic E-state index is 0.0670. The fraction of sp³-hybridized carbons (Fsp3) is 0.167. The number of benzene rings is 1. The van der Waals surface area contributed by atoms with E-state index in [2.05, 4.69) is 21.2 Å². The summed E-state index contributed by atoms with van der Waals surface area (Å²) in [5.41, 5.74) is 0.182. The molecule has 0 radical (unpaired) electrons. The van der Waals surface area contributed by atoms with E-state index >= 15 is 0 Å². The number of rotatable bonds is 3. The van der Waals surface area contributed by atoms with Crippen LogP contribution in [-0.4, -0.2) is 0 Å². The molecule has 2 rings (SSSR count). The zero-order valence-corrected chi connectivity index (χ0v) is 11.4. The van der Waals surface area contributed by atoms with Crippen molar-refractivity contribution in [1.82, 2.24) is 0 Å². The van der Waals surface area contributed by atoms with Crippen molar-refractivity contribution in [2.45, 2.75) is 13.0 Å². The Bertz CT molecular complexity index is 527. The Morgan fingerprint density at radius 3 is 2.76 bits per heavy atom. The standard InChI is InChI=1S/C12H10BrF2NS/c1-7(11-5-8(13)6-17-11)16-10-4-2-3-9(14)12(10)15/h2-7,16H,1H3. The van der Waals surface area contributed by atoms with Gasteiger partial charge in [-0.25, -0.2) is 8.78 Å². The third-order valence-corrected chi connectivity index (χ3v) is 4.21. The van der Waals surface area contributed by atoms with E-state index in [0.717, 1.165) is 15.4 Å². The summed E-state index contributed by atoms with van der Waals surface area (Å²) in [5, 5.41) is 4.91. The van der Waals surface area contributed by atoms with Gasteiger partial charge in [-0.05, 0) is 41.1 Å². The van der Waals surface area contributed by atoms with Crippen molar-refractivity contribution in [2.24, 2.45) is 0 Å². The molecule has 90 valence electrons. The highest BCUT2D eigenvalue weighted by Crippen LogP contribution is 2.29. The van der Waals surface area contributed by atoms with Gasteiger partial charge in [0.25, 0.3) is 0 Å². The first-order chi connectivity index (χ1) is 8.08. The number of halogens is 3. The molecular formula is C12H10BrF2NS. The van der Waals surface area contributed by atoms with Gasteiger partial charge < -0.3 is 5.32 Å². The summed E-state index contributed by atoms with van der Waals surface area (Å²) >= 11 is 4.92. The topological polar surface area (TPSA) is 12.0 Å². The Morgan fingerprint density at radius 1 is 1.35 bits per heavy atom. The molecule has 1 nitrogen and oxygen atoms in total. The van der Waals surface area contributed by atoms with Crippen molar-refractivity contribution in [3.05, 3.63) is 50.6 Å². The summed E-state index contributed by atoms with van der Waals surface area (Å²) in [4.78, 5) is 1.06. The van der Waals surface area contributed by atoms with Crippen LogP contribution < -0.4 is 5.32 Å². The largest absolute Gasteiger partial charge is 0.375 e. The third kappa shape index (κ3) is 2.84. The Balaban J connectivity index is 2.18. The molecule has 0 fully saturated rings. The average Bonchev–Trinajstić information content (AvgIpc) is 2.72. The first-order valence-electron chi connectivity index (χ1n) is 5.02. The zero-order valence-electron chi connectivity index (χ0n) is 9.01. The molecule has 1 aromatic carbocycles. The smallest absolute Gasteiger partial charge is 0.181 e. The molecule has 0 saturated heterocycles. The molecule has 2 aromatic rings. The van der Waals surface area contributed by atoms with Crippen LogP contribution in [0.5, 0.6) is 0 Å². The fourth-order valence-electron chi connectivity index (χ4n) is 1.47. The zero-order chi connectivity index (χ0) is 12.4. The highest BCUT2D eigenvalue weighted by Gasteiger charge is 2.12. The van der Waals surface area contributed by atoms with E-state index in [9.17, 15) is 8.78 Å². The normalized spacial score (nSPS) is 12.5. The van der Waals surface area contributed by atoms with Crippen molar-refractivity contribution in [3.63, 3.8) is 0 Å². The molecule has 1 N–H and O–H groups in total. The predicted molar refractivity (Wildman–Crippen MR) is 70.4 cm³/mol. The van der Waals surface area contributed by atoms with E-state index < -0.39 is 11.6 Å². The van der Waals surface area contributed by atoms with E-state index in [-0.39, 0.29) is 11.7 Å². The molecule has 0 aliphatic heterocycles. The molecule has 0 aliphatic rings. The molecule has 1 aromatic heterocycles. The van der Waals surface area contributed by atoms with Crippen molar-refractivity contribution in [1.29, 1.82) is 0 Å². The van der Waals surface area contributed by atoms with Gasteiger partial charge in [0.05, 0.1) is 11.7 Å². The molecule has 1 unspecified atom stereocenters. The minimum atomic E-state index is -0.838. The van der Waals surface area contributed by atoms with Crippen LogP contribution in [0.3, 0.4) is 0 Å². The van der Waals surface area contributed by atoms with Crippen LogP contribution in [0.1, 0.15) is 17.8 Å². The van der Waals surface area contributed by atoms with Gasteiger partial charge in [-0.1, -0.05) is 6.07 Å². The van der Waals surface area contributed by atoms with Crippen LogP contribution in [0.2, 0.25) is 0 Å². The van der Waals surface area contributed by atoms with E-state index in [1.807, 2.05) is 18.4 Å². The molecule has 17 heavy (non-hydrogen) atoms. The van der Waals surface area contributed by atoms with Crippen LogP contribution in [-0.2, 0) is 0 Å². The monoisotopic (exact) mass is 317 g/mol. The van der Waals surface area contributed by atoms with Gasteiger partial charge in [0.2, 0.25) is 0 Å². The maximum absolute atomic E-state index is 13.4. The van der Waals surface area contributed by atoms with E-state index in [0.29, 0.717) is 0 Å². The lowest BCUT2D eigenvalue weighted by molar-refractivity contribution is 0.510. The van der Waals surface area contributed by atoms with Gasteiger partial charge in [-0.15, -0.1) is 11.3 Å². The second-order valence-electron chi connectivity index (χ2n) is 3.63. The Morgan fingerprint density at radius 2 is 2.12 bits per heavy atom. The number of hydrogen-bond acceptors (Lipinski definition) is 2. The summed E-state index contributed by atoms with van der Waals surface area (Å²) in [6.45, 7) is 1.91.